The molecule has 2 atom stereocenters. The van der Waals surface area contributed by atoms with Gasteiger partial charge >= 0.3 is 0 Å². The summed E-state index contributed by atoms with van der Waals surface area (Å²) in [7, 11) is 0. The Morgan fingerprint density at radius 2 is 1.44 bits per heavy atom. The third kappa shape index (κ3) is 9.13. The molecule has 0 aliphatic carbocycles. The molecule has 0 radical (unpaired) electrons. The molecule has 0 aromatic rings. The van der Waals surface area contributed by atoms with Crippen LogP contribution in [0.2, 0.25) is 0 Å². The summed E-state index contributed by atoms with van der Waals surface area (Å²) in [6.07, 6.45) is 10.2. The first-order chi connectivity index (χ1) is 7.72. The highest BCUT2D eigenvalue weighted by molar-refractivity contribution is 4.62. The van der Waals surface area contributed by atoms with Crippen LogP contribution in [-0.4, -0.2) is 23.0 Å². The van der Waals surface area contributed by atoms with Crippen molar-refractivity contribution in [1.82, 2.24) is 0 Å². The fourth-order valence-electron chi connectivity index (χ4n) is 1.91. The number of hydrogen-bond acceptors (Lipinski definition) is 3. The second kappa shape index (κ2) is 11.4. The predicted molar refractivity (Wildman–Crippen MR) is 68.0 cm³/mol. The minimum Gasteiger partial charge on any atom is -0.396 e. The lowest BCUT2D eigenvalue weighted by Gasteiger charge is -2.16. The van der Waals surface area contributed by atoms with Gasteiger partial charge in [0.25, 0.3) is 0 Å². The molecule has 3 nitrogen and oxygen atoms in total. The minimum absolute atomic E-state index is 0.00579. The zero-order valence-electron chi connectivity index (χ0n) is 10.7. The topological polar surface area (TPSA) is 66.5 Å². The fourth-order valence-corrected chi connectivity index (χ4v) is 1.91. The number of rotatable bonds is 11. The number of hydrogen-bond donors (Lipinski definition) is 3. The Hall–Kier alpha value is -0.120. The van der Waals surface area contributed by atoms with Crippen molar-refractivity contribution in [3.63, 3.8) is 0 Å². The van der Waals surface area contributed by atoms with Crippen molar-refractivity contribution in [3.05, 3.63) is 0 Å². The molecule has 0 saturated heterocycles. The van der Waals surface area contributed by atoms with E-state index in [-0.39, 0.29) is 12.5 Å². The van der Waals surface area contributed by atoms with Gasteiger partial charge in [0, 0.05) is 12.5 Å². The molecule has 98 valence electrons. The summed E-state index contributed by atoms with van der Waals surface area (Å²) in [6, 6.07) is 0. The number of unbranched alkanes of at least 4 members (excludes halogenated alkanes) is 7. The molecule has 0 aliphatic heterocycles. The Labute approximate surface area is 100 Å². The molecule has 4 N–H and O–H groups in total. The maximum Gasteiger partial charge on any atom is 0.107 e. The Morgan fingerprint density at radius 1 is 0.938 bits per heavy atom. The second-order valence-corrected chi connectivity index (χ2v) is 4.70. The minimum atomic E-state index is -0.866. The predicted octanol–water partition coefficient (Wildman–Crippen LogP) is 2.40. The smallest absolute Gasteiger partial charge is 0.107 e. The highest BCUT2D eigenvalue weighted by atomic mass is 16.3. The van der Waals surface area contributed by atoms with E-state index in [1.807, 2.05) is 0 Å². The van der Waals surface area contributed by atoms with Gasteiger partial charge in [-0.1, -0.05) is 58.3 Å². The van der Waals surface area contributed by atoms with Crippen LogP contribution in [0.25, 0.3) is 0 Å². The van der Waals surface area contributed by atoms with Gasteiger partial charge in [-0.25, -0.2) is 0 Å². The van der Waals surface area contributed by atoms with Crippen molar-refractivity contribution < 1.29 is 10.2 Å². The van der Waals surface area contributed by atoms with Crippen molar-refractivity contribution in [2.24, 2.45) is 11.7 Å². The van der Waals surface area contributed by atoms with E-state index in [0.717, 1.165) is 12.8 Å². The van der Waals surface area contributed by atoms with E-state index in [1.165, 1.54) is 44.9 Å². The highest BCUT2D eigenvalue weighted by Crippen LogP contribution is 2.14. The van der Waals surface area contributed by atoms with Crippen LogP contribution in [0.15, 0.2) is 0 Å². The zero-order chi connectivity index (χ0) is 12.2. The van der Waals surface area contributed by atoms with E-state index in [9.17, 15) is 0 Å². The summed E-state index contributed by atoms with van der Waals surface area (Å²) in [5, 5.41) is 18.1. The van der Waals surface area contributed by atoms with Gasteiger partial charge in [0.1, 0.15) is 6.23 Å². The molecule has 0 fully saturated rings. The van der Waals surface area contributed by atoms with E-state index in [2.05, 4.69) is 6.92 Å². The molecule has 0 rings (SSSR count). The van der Waals surface area contributed by atoms with Gasteiger partial charge in [-0.3, -0.25) is 0 Å². The third-order valence-corrected chi connectivity index (χ3v) is 3.15. The van der Waals surface area contributed by atoms with Crippen molar-refractivity contribution in [1.29, 1.82) is 0 Å². The van der Waals surface area contributed by atoms with E-state index in [1.54, 1.807) is 0 Å². The number of aliphatic hydroxyl groups is 2. The molecule has 0 heterocycles. The number of aliphatic hydroxyl groups excluding tert-OH is 2. The Bertz CT molecular complexity index is 140. The molecule has 0 spiro atoms. The molecular formula is C13H29NO2. The summed E-state index contributed by atoms with van der Waals surface area (Å²) in [4.78, 5) is 0. The zero-order valence-corrected chi connectivity index (χ0v) is 10.7. The summed E-state index contributed by atoms with van der Waals surface area (Å²) in [6.45, 7) is 2.22. The molecule has 0 aromatic carbocycles. The fraction of sp³-hybridized carbons (Fsp3) is 1.00. The molecule has 0 bridgehead atoms. The lowest BCUT2D eigenvalue weighted by atomic mass is 9.99. The van der Waals surface area contributed by atoms with Crippen molar-refractivity contribution >= 4 is 0 Å². The van der Waals surface area contributed by atoms with Crippen molar-refractivity contribution in [3.8, 4) is 0 Å². The molecule has 0 aromatic heterocycles. The first-order valence-electron chi connectivity index (χ1n) is 6.76. The van der Waals surface area contributed by atoms with Gasteiger partial charge in [-0.15, -0.1) is 0 Å². The van der Waals surface area contributed by atoms with Gasteiger partial charge in [-0.05, 0) is 6.42 Å². The standard InChI is InChI=1S/C13H29NO2/c1-2-3-4-5-6-7-8-9-10-12(11-15)13(14)16/h12-13,15-16H,2-11,14H2,1H3. The maximum absolute atomic E-state index is 9.13. The van der Waals surface area contributed by atoms with Gasteiger partial charge in [0.2, 0.25) is 0 Å². The van der Waals surface area contributed by atoms with Crippen molar-refractivity contribution in [2.75, 3.05) is 6.61 Å². The molecular weight excluding hydrogens is 202 g/mol. The van der Waals surface area contributed by atoms with E-state index < -0.39 is 6.23 Å². The average molecular weight is 231 g/mol. The first-order valence-corrected chi connectivity index (χ1v) is 6.76. The van der Waals surface area contributed by atoms with Crippen LogP contribution in [-0.2, 0) is 0 Å². The first kappa shape index (κ1) is 15.9. The normalized spacial score (nSPS) is 15.0. The highest BCUT2D eigenvalue weighted by Gasteiger charge is 2.13. The maximum atomic E-state index is 9.13. The van der Waals surface area contributed by atoms with Crippen LogP contribution in [0.1, 0.15) is 64.7 Å². The number of nitrogens with two attached hydrogens (primary N) is 1. The van der Waals surface area contributed by atoms with Gasteiger partial charge in [0.05, 0.1) is 0 Å². The van der Waals surface area contributed by atoms with Gasteiger partial charge in [0.15, 0.2) is 0 Å². The Kier molecular flexibility index (Phi) is 11.3. The summed E-state index contributed by atoms with van der Waals surface area (Å²) >= 11 is 0. The van der Waals surface area contributed by atoms with Crippen LogP contribution < -0.4 is 5.73 Å². The molecule has 0 aliphatic rings. The molecule has 3 heteroatoms. The monoisotopic (exact) mass is 231 g/mol. The SMILES string of the molecule is CCCCCCCCCCC(CO)C(N)O. The van der Waals surface area contributed by atoms with E-state index >= 15 is 0 Å². The van der Waals surface area contributed by atoms with Crippen LogP contribution in [0.3, 0.4) is 0 Å². The van der Waals surface area contributed by atoms with Crippen LogP contribution in [0.4, 0.5) is 0 Å². The van der Waals surface area contributed by atoms with Gasteiger partial charge in [-0.2, -0.15) is 0 Å². The quantitative estimate of drug-likeness (QED) is 0.378. The summed E-state index contributed by atoms with van der Waals surface area (Å²) in [5.74, 6) is -0.139. The summed E-state index contributed by atoms with van der Waals surface area (Å²) in [5.41, 5.74) is 5.34. The molecule has 16 heavy (non-hydrogen) atoms. The second-order valence-electron chi connectivity index (χ2n) is 4.70. The molecule has 0 saturated carbocycles. The van der Waals surface area contributed by atoms with Crippen LogP contribution >= 0.6 is 0 Å². The van der Waals surface area contributed by atoms with E-state index in [0.29, 0.717) is 0 Å². The molecule has 0 amide bonds. The Balaban J connectivity index is 3.19. The van der Waals surface area contributed by atoms with Crippen molar-refractivity contribution in [2.45, 2.75) is 70.9 Å². The lowest BCUT2D eigenvalue weighted by molar-refractivity contribution is 0.0656. The van der Waals surface area contributed by atoms with Crippen LogP contribution in [0.5, 0.6) is 0 Å². The Morgan fingerprint density at radius 3 is 1.88 bits per heavy atom. The lowest BCUT2D eigenvalue weighted by Crippen LogP contribution is -2.31. The van der Waals surface area contributed by atoms with Crippen LogP contribution in [0, 0.1) is 5.92 Å². The third-order valence-electron chi connectivity index (χ3n) is 3.15. The summed E-state index contributed by atoms with van der Waals surface area (Å²) < 4.78 is 0. The molecule has 2 unspecified atom stereocenters. The van der Waals surface area contributed by atoms with E-state index in [4.69, 9.17) is 15.9 Å². The average Bonchev–Trinajstić information content (AvgIpc) is 2.26. The van der Waals surface area contributed by atoms with Gasteiger partial charge < -0.3 is 15.9 Å². The largest absolute Gasteiger partial charge is 0.396 e.